The molecule has 3 aromatic rings. The van der Waals surface area contributed by atoms with E-state index in [9.17, 15) is 18.0 Å². The third-order valence-corrected chi connectivity index (χ3v) is 8.36. The molecule has 0 radical (unpaired) electrons. The topological polar surface area (TPSA) is 89.3 Å². The van der Waals surface area contributed by atoms with Crippen LogP contribution in [0.15, 0.2) is 58.2 Å². The van der Waals surface area contributed by atoms with Gasteiger partial charge in [0.15, 0.2) is 5.78 Å². The smallest absolute Gasteiger partial charge is 0.267 e. The lowest BCUT2D eigenvalue weighted by molar-refractivity contribution is 0.0925. The molecule has 0 bridgehead atoms. The first kappa shape index (κ1) is 25.5. The van der Waals surface area contributed by atoms with E-state index >= 15 is 0 Å². The number of aromatic nitrogens is 2. The summed E-state index contributed by atoms with van der Waals surface area (Å²) in [5.41, 5.74) is 3.77. The number of rotatable bonds is 8. The van der Waals surface area contributed by atoms with Crippen LogP contribution in [0, 0.1) is 20.8 Å². The molecule has 0 saturated carbocycles. The fourth-order valence-electron chi connectivity index (χ4n) is 3.84. The van der Waals surface area contributed by atoms with Crippen LogP contribution in [0.5, 0.6) is 0 Å². The number of hydrogen-bond acceptors (Lipinski definition) is 5. The monoisotopic (exact) mass is 481 g/mol. The molecule has 2 aromatic carbocycles. The number of carbonyl (C=O) groups is 1. The maximum absolute atomic E-state index is 13.1. The average molecular weight is 482 g/mol. The minimum atomic E-state index is -3.67. The van der Waals surface area contributed by atoms with Crippen LogP contribution in [0.1, 0.15) is 53.9 Å². The van der Waals surface area contributed by atoms with Gasteiger partial charge in [0.25, 0.3) is 5.56 Å². The molecule has 0 spiro atoms. The Morgan fingerprint density at radius 2 is 1.59 bits per heavy atom. The number of ketones is 1. The first-order valence-electron chi connectivity index (χ1n) is 11.3. The Labute approximate surface area is 201 Å². The van der Waals surface area contributed by atoms with Crippen molar-refractivity contribution in [1.29, 1.82) is 0 Å². The highest BCUT2D eigenvalue weighted by Gasteiger charge is 2.25. The summed E-state index contributed by atoms with van der Waals surface area (Å²) >= 11 is 0. The van der Waals surface area contributed by atoms with Gasteiger partial charge in [0.05, 0.1) is 10.6 Å². The Morgan fingerprint density at radius 1 is 0.941 bits per heavy atom. The largest absolute Gasteiger partial charge is 0.292 e. The molecule has 34 heavy (non-hydrogen) atoms. The lowest BCUT2D eigenvalue weighted by Gasteiger charge is -2.20. The van der Waals surface area contributed by atoms with Gasteiger partial charge in [-0.2, -0.15) is 9.40 Å². The van der Waals surface area contributed by atoms with E-state index in [1.165, 1.54) is 10.4 Å². The molecule has 0 aliphatic rings. The van der Waals surface area contributed by atoms with Gasteiger partial charge < -0.3 is 0 Å². The first-order chi connectivity index (χ1) is 16.0. The van der Waals surface area contributed by atoms with Crippen molar-refractivity contribution in [3.8, 4) is 11.3 Å². The molecule has 0 saturated heterocycles. The molecular weight excluding hydrogens is 450 g/mol. The van der Waals surface area contributed by atoms with E-state index in [2.05, 4.69) is 5.10 Å². The zero-order valence-corrected chi connectivity index (χ0v) is 21.3. The number of aryl methyl sites for hydroxylation is 3. The highest BCUT2D eigenvalue weighted by Crippen LogP contribution is 2.26. The molecule has 0 N–H and O–H groups in total. The number of Topliss-reactive ketones (excluding diaryl/α,β-unsaturated/α-hetero) is 1. The SMILES string of the molecule is CCN(CC)S(=O)(=O)c1cc(-c2ccc(=O)n([C@@H](C)C(=O)c3ccc(C)c(C)c3)n2)ccc1C. The summed E-state index contributed by atoms with van der Waals surface area (Å²) < 4.78 is 28.8. The van der Waals surface area contributed by atoms with Gasteiger partial charge in [0.2, 0.25) is 10.0 Å². The van der Waals surface area contributed by atoms with Crippen LogP contribution < -0.4 is 5.56 Å². The van der Waals surface area contributed by atoms with Gasteiger partial charge >= 0.3 is 0 Å². The lowest BCUT2D eigenvalue weighted by Crippen LogP contribution is -2.31. The summed E-state index contributed by atoms with van der Waals surface area (Å²) in [5.74, 6) is -0.219. The van der Waals surface area contributed by atoms with Crippen molar-refractivity contribution in [1.82, 2.24) is 14.1 Å². The minimum Gasteiger partial charge on any atom is -0.292 e. The van der Waals surface area contributed by atoms with Crippen LogP contribution >= 0.6 is 0 Å². The second-order valence-electron chi connectivity index (χ2n) is 8.41. The van der Waals surface area contributed by atoms with Crippen molar-refractivity contribution >= 4 is 15.8 Å². The number of nitrogens with zero attached hydrogens (tertiary/aromatic N) is 3. The van der Waals surface area contributed by atoms with E-state index in [4.69, 9.17) is 0 Å². The predicted octanol–water partition coefficient (Wildman–Crippen LogP) is 4.31. The Balaban J connectivity index is 2.05. The van der Waals surface area contributed by atoms with E-state index < -0.39 is 21.6 Å². The molecule has 0 aliphatic carbocycles. The molecular formula is C26H31N3O4S. The summed E-state index contributed by atoms with van der Waals surface area (Å²) in [5, 5.41) is 4.44. The summed E-state index contributed by atoms with van der Waals surface area (Å²) in [7, 11) is -3.67. The van der Waals surface area contributed by atoms with Gasteiger partial charge in [0.1, 0.15) is 6.04 Å². The summed E-state index contributed by atoms with van der Waals surface area (Å²) in [6, 6.07) is 12.6. The van der Waals surface area contributed by atoms with Crippen molar-refractivity contribution in [2.75, 3.05) is 13.1 Å². The van der Waals surface area contributed by atoms with E-state index in [0.29, 0.717) is 35.5 Å². The van der Waals surface area contributed by atoms with Gasteiger partial charge in [-0.25, -0.2) is 13.1 Å². The van der Waals surface area contributed by atoms with Gasteiger partial charge in [-0.3, -0.25) is 9.59 Å². The van der Waals surface area contributed by atoms with E-state index in [1.807, 2.05) is 26.0 Å². The van der Waals surface area contributed by atoms with Gasteiger partial charge in [-0.15, -0.1) is 0 Å². The summed E-state index contributed by atoms with van der Waals surface area (Å²) in [6.07, 6.45) is 0. The average Bonchev–Trinajstić information content (AvgIpc) is 2.81. The highest BCUT2D eigenvalue weighted by atomic mass is 32.2. The van der Waals surface area contributed by atoms with Crippen molar-refractivity contribution < 1.29 is 13.2 Å². The second kappa shape index (κ2) is 10.0. The van der Waals surface area contributed by atoms with Crippen molar-refractivity contribution in [2.45, 2.75) is 52.5 Å². The number of benzene rings is 2. The third kappa shape index (κ3) is 4.88. The minimum absolute atomic E-state index is 0.201. The zero-order valence-electron chi connectivity index (χ0n) is 20.5. The molecule has 0 unspecified atom stereocenters. The van der Waals surface area contributed by atoms with Crippen LogP contribution in [0.2, 0.25) is 0 Å². The highest BCUT2D eigenvalue weighted by molar-refractivity contribution is 7.89. The number of sulfonamides is 1. The van der Waals surface area contributed by atoms with Crippen LogP contribution in [-0.4, -0.2) is 41.4 Å². The van der Waals surface area contributed by atoms with Gasteiger partial charge in [-0.1, -0.05) is 38.1 Å². The van der Waals surface area contributed by atoms with Crippen LogP contribution in [0.25, 0.3) is 11.3 Å². The van der Waals surface area contributed by atoms with Crippen LogP contribution in [0.4, 0.5) is 0 Å². The Hall–Kier alpha value is -3.10. The maximum Gasteiger partial charge on any atom is 0.267 e. The summed E-state index contributed by atoms with van der Waals surface area (Å²) in [4.78, 5) is 25.9. The van der Waals surface area contributed by atoms with Crippen molar-refractivity contribution in [2.24, 2.45) is 0 Å². The Bertz CT molecular complexity index is 1390. The van der Waals surface area contributed by atoms with Crippen molar-refractivity contribution in [3.63, 3.8) is 0 Å². The molecule has 180 valence electrons. The van der Waals surface area contributed by atoms with Crippen LogP contribution in [0.3, 0.4) is 0 Å². The predicted molar refractivity (Wildman–Crippen MR) is 134 cm³/mol. The second-order valence-corrected chi connectivity index (χ2v) is 10.3. The zero-order chi connectivity index (χ0) is 25.2. The molecule has 0 aliphatic heterocycles. The standard InChI is InChI=1S/C26H31N3O4S/c1-7-28(8-2)34(32,33)24-16-21(11-10-18(24)4)23-13-14-25(30)29(27-23)20(6)26(31)22-12-9-17(3)19(5)15-22/h9-16,20H,7-8H2,1-6H3/t20-/m0/s1. The van der Waals surface area contributed by atoms with E-state index in [1.54, 1.807) is 58.0 Å². The third-order valence-electron chi connectivity index (χ3n) is 6.17. The molecule has 8 heteroatoms. The van der Waals surface area contributed by atoms with E-state index in [-0.39, 0.29) is 10.7 Å². The summed E-state index contributed by atoms with van der Waals surface area (Å²) in [6.45, 7) is 11.6. The van der Waals surface area contributed by atoms with E-state index in [0.717, 1.165) is 15.8 Å². The number of carbonyl (C=O) groups excluding carboxylic acids is 1. The normalized spacial score (nSPS) is 12.7. The lowest BCUT2D eigenvalue weighted by atomic mass is 10.0. The fraction of sp³-hybridized carbons (Fsp3) is 0.346. The first-order valence-corrected chi connectivity index (χ1v) is 12.8. The molecule has 3 rings (SSSR count). The Morgan fingerprint density at radius 3 is 2.21 bits per heavy atom. The molecule has 7 nitrogen and oxygen atoms in total. The van der Waals surface area contributed by atoms with Crippen molar-refractivity contribution in [3.05, 3.63) is 81.1 Å². The maximum atomic E-state index is 13.1. The van der Waals surface area contributed by atoms with Crippen LogP contribution in [-0.2, 0) is 10.0 Å². The molecule has 1 heterocycles. The quantitative estimate of drug-likeness (QED) is 0.447. The molecule has 1 atom stereocenters. The van der Waals surface area contributed by atoms with Gasteiger partial charge in [0, 0.05) is 30.3 Å². The molecule has 1 aromatic heterocycles. The Kier molecular flexibility index (Phi) is 7.53. The molecule has 0 amide bonds. The van der Waals surface area contributed by atoms with Gasteiger partial charge in [-0.05, 0) is 62.6 Å². The number of hydrogen-bond donors (Lipinski definition) is 0. The fourth-order valence-corrected chi connectivity index (χ4v) is 5.55. The molecule has 0 fully saturated rings.